The van der Waals surface area contributed by atoms with E-state index < -0.39 is 0 Å². The molecule has 3 N–H and O–H groups in total. The lowest BCUT2D eigenvalue weighted by molar-refractivity contribution is -0.122. The van der Waals surface area contributed by atoms with Crippen molar-refractivity contribution in [1.82, 2.24) is 10.2 Å². The van der Waals surface area contributed by atoms with E-state index in [0.29, 0.717) is 24.2 Å². The molecule has 1 saturated heterocycles. The number of nitrogens with zero attached hydrogens (tertiary/aromatic N) is 1. The summed E-state index contributed by atoms with van der Waals surface area (Å²) >= 11 is 0. The molecule has 1 atom stereocenters. The van der Waals surface area contributed by atoms with Gasteiger partial charge in [-0.15, -0.1) is 0 Å². The number of nitrogens with one attached hydrogen (secondary N) is 1. The monoisotopic (exact) mass is 289 g/mol. The van der Waals surface area contributed by atoms with Crippen LogP contribution in [0.25, 0.3) is 0 Å². The SMILES string of the molecule is CCCC(=O)NC1CCCN(C(=O)c2cccc(N)c2)C1. The molecule has 1 aromatic carbocycles. The Morgan fingerprint density at radius 2 is 2.24 bits per heavy atom. The van der Waals surface area contributed by atoms with Gasteiger partial charge in [0, 0.05) is 36.8 Å². The molecule has 114 valence electrons. The molecule has 0 radical (unpaired) electrons. The van der Waals surface area contributed by atoms with Crippen LogP contribution in [0.3, 0.4) is 0 Å². The first kappa shape index (κ1) is 15.4. The fourth-order valence-electron chi connectivity index (χ4n) is 2.66. The molecule has 1 aliphatic heterocycles. The lowest BCUT2D eigenvalue weighted by Gasteiger charge is -2.33. The van der Waals surface area contributed by atoms with E-state index >= 15 is 0 Å². The summed E-state index contributed by atoms with van der Waals surface area (Å²) in [7, 11) is 0. The topological polar surface area (TPSA) is 75.4 Å². The molecule has 0 saturated carbocycles. The second kappa shape index (κ2) is 7.11. The second-order valence-corrected chi connectivity index (χ2v) is 5.53. The zero-order chi connectivity index (χ0) is 15.2. The summed E-state index contributed by atoms with van der Waals surface area (Å²) in [5, 5.41) is 3.01. The smallest absolute Gasteiger partial charge is 0.253 e. The molecule has 0 spiro atoms. The second-order valence-electron chi connectivity index (χ2n) is 5.53. The van der Waals surface area contributed by atoms with Crippen molar-refractivity contribution in [3.8, 4) is 0 Å². The number of rotatable bonds is 4. The quantitative estimate of drug-likeness (QED) is 0.830. The average molecular weight is 289 g/mol. The van der Waals surface area contributed by atoms with E-state index in [1.807, 2.05) is 6.92 Å². The third kappa shape index (κ3) is 4.21. The number of benzene rings is 1. The third-order valence-corrected chi connectivity index (χ3v) is 3.68. The van der Waals surface area contributed by atoms with Crippen molar-refractivity contribution in [2.75, 3.05) is 18.8 Å². The van der Waals surface area contributed by atoms with Crippen LogP contribution in [0, 0.1) is 0 Å². The van der Waals surface area contributed by atoms with E-state index in [1.54, 1.807) is 29.2 Å². The standard InChI is InChI=1S/C16H23N3O2/c1-2-5-15(20)18-14-8-4-9-19(11-14)16(21)12-6-3-7-13(17)10-12/h3,6-7,10,14H,2,4-5,8-9,11,17H2,1H3,(H,18,20). The van der Waals surface area contributed by atoms with E-state index in [2.05, 4.69) is 5.32 Å². The lowest BCUT2D eigenvalue weighted by atomic mass is 10.0. The van der Waals surface area contributed by atoms with Gasteiger partial charge in [0.2, 0.25) is 5.91 Å². The number of hydrogen-bond donors (Lipinski definition) is 2. The van der Waals surface area contributed by atoms with Gasteiger partial charge in [-0.25, -0.2) is 0 Å². The molecule has 0 aromatic heterocycles. The highest BCUT2D eigenvalue weighted by atomic mass is 16.2. The first-order chi connectivity index (χ1) is 10.1. The van der Waals surface area contributed by atoms with Crippen molar-refractivity contribution in [2.45, 2.75) is 38.6 Å². The summed E-state index contributed by atoms with van der Waals surface area (Å²) < 4.78 is 0. The van der Waals surface area contributed by atoms with Crippen LogP contribution in [0.15, 0.2) is 24.3 Å². The number of anilines is 1. The molecule has 1 fully saturated rings. The minimum absolute atomic E-state index is 0.0169. The van der Waals surface area contributed by atoms with Gasteiger partial charge in [0.1, 0.15) is 0 Å². The average Bonchev–Trinajstić information content (AvgIpc) is 2.47. The van der Waals surface area contributed by atoms with Crippen LogP contribution in [0.5, 0.6) is 0 Å². The van der Waals surface area contributed by atoms with Gasteiger partial charge in [-0.05, 0) is 37.5 Å². The van der Waals surface area contributed by atoms with E-state index in [-0.39, 0.29) is 17.9 Å². The van der Waals surface area contributed by atoms with Crippen molar-refractivity contribution >= 4 is 17.5 Å². The van der Waals surface area contributed by atoms with E-state index in [1.165, 1.54) is 0 Å². The van der Waals surface area contributed by atoms with E-state index in [9.17, 15) is 9.59 Å². The maximum absolute atomic E-state index is 12.5. The van der Waals surface area contributed by atoms with Gasteiger partial charge >= 0.3 is 0 Å². The van der Waals surface area contributed by atoms with Crippen LogP contribution in [0.1, 0.15) is 43.0 Å². The molecule has 0 aliphatic carbocycles. The largest absolute Gasteiger partial charge is 0.399 e. The van der Waals surface area contributed by atoms with Crippen molar-refractivity contribution in [3.63, 3.8) is 0 Å². The highest BCUT2D eigenvalue weighted by Crippen LogP contribution is 2.15. The van der Waals surface area contributed by atoms with Gasteiger partial charge in [0.25, 0.3) is 5.91 Å². The molecule has 1 aromatic rings. The number of nitrogen functional groups attached to an aromatic ring is 1. The molecule has 1 aliphatic rings. The van der Waals surface area contributed by atoms with E-state index in [4.69, 9.17) is 5.73 Å². The molecule has 1 unspecified atom stereocenters. The predicted octanol–water partition coefficient (Wildman–Crippen LogP) is 1.79. The molecule has 0 bridgehead atoms. The van der Waals surface area contributed by atoms with Crippen LogP contribution in [-0.2, 0) is 4.79 Å². The van der Waals surface area contributed by atoms with Gasteiger partial charge in [0.05, 0.1) is 0 Å². The fraction of sp³-hybridized carbons (Fsp3) is 0.500. The van der Waals surface area contributed by atoms with Crippen LogP contribution in [0.2, 0.25) is 0 Å². The Kier molecular flexibility index (Phi) is 5.20. The first-order valence-electron chi connectivity index (χ1n) is 7.54. The minimum Gasteiger partial charge on any atom is -0.399 e. The number of likely N-dealkylation sites (tertiary alicyclic amines) is 1. The maximum atomic E-state index is 12.5. The Labute approximate surface area is 125 Å². The number of carbonyl (C=O) groups is 2. The molecule has 5 nitrogen and oxygen atoms in total. The number of nitrogens with two attached hydrogens (primary N) is 1. The normalized spacial score (nSPS) is 18.3. The van der Waals surface area contributed by atoms with Gasteiger partial charge in [-0.3, -0.25) is 9.59 Å². The Morgan fingerprint density at radius 3 is 2.95 bits per heavy atom. The van der Waals surface area contributed by atoms with Gasteiger partial charge in [-0.2, -0.15) is 0 Å². The Bertz CT molecular complexity index is 516. The zero-order valence-electron chi connectivity index (χ0n) is 12.5. The molecule has 5 heteroatoms. The number of hydrogen-bond acceptors (Lipinski definition) is 3. The number of carbonyl (C=O) groups excluding carboxylic acids is 2. The predicted molar refractivity (Wildman–Crippen MR) is 82.8 cm³/mol. The Morgan fingerprint density at radius 1 is 1.43 bits per heavy atom. The third-order valence-electron chi connectivity index (χ3n) is 3.68. The highest BCUT2D eigenvalue weighted by molar-refractivity contribution is 5.95. The molecule has 1 heterocycles. The van der Waals surface area contributed by atoms with Crippen LogP contribution >= 0.6 is 0 Å². The van der Waals surface area contributed by atoms with Crippen LogP contribution in [0.4, 0.5) is 5.69 Å². The summed E-state index contributed by atoms with van der Waals surface area (Å²) in [5.41, 5.74) is 6.92. The van der Waals surface area contributed by atoms with Gasteiger partial charge in [-0.1, -0.05) is 13.0 Å². The minimum atomic E-state index is -0.0169. The zero-order valence-corrected chi connectivity index (χ0v) is 12.5. The van der Waals surface area contributed by atoms with E-state index in [0.717, 1.165) is 25.8 Å². The van der Waals surface area contributed by atoms with Crippen LogP contribution in [-0.4, -0.2) is 35.8 Å². The van der Waals surface area contributed by atoms with Crippen molar-refractivity contribution in [3.05, 3.63) is 29.8 Å². The summed E-state index contributed by atoms with van der Waals surface area (Å²) in [4.78, 5) is 25.9. The molecular formula is C16H23N3O2. The molecule has 2 amide bonds. The van der Waals surface area contributed by atoms with Gasteiger partial charge in [0.15, 0.2) is 0 Å². The Balaban J connectivity index is 1.97. The molecule has 2 rings (SSSR count). The fourth-order valence-corrected chi connectivity index (χ4v) is 2.66. The Hall–Kier alpha value is -2.04. The first-order valence-corrected chi connectivity index (χ1v) is 7.54. The van der Waals surface area contributed by atoms with Gasteiger partial charge < -0.3 is 16.0 Å². The summed E-state index contributed by atoms with van der Waals surface area (Å²) in [6.07, 6.45) is 3.21. The maximum Gasteiger partial charge on any atom is 0.253 e. The highest BCUT2D eigenvalue weighted by Gasteiger charge is 2.25. The summed E-state index contributed by atoms with van der Waals surface area (Å²) in [5.74, 6) is 0.0532. The lowest BCUT2D eigenvalue weighted by Crippen LogP contribution is -2.49. The van der Waals surface area contributed by atoms with Crippen molar-refractivity contribution in [2.24, 2.45) is 0 Å². The summed E-state index contributed by atoms with van der Waals surface area (Å²) in [6.45, 7) is 3.28. The van der Waals surface area contributed by atoms with Crippen molar-refractivity contribution < 1.29 is 9.59 Å². The molecular weight excluding hydrogens is 266 g/mol. The van der Waals surface area contributed by atoms with Crippen molar-refractivity contribution in [1.29, 1.82) is 0 Å². The van der Waals surface area contributed by atoms with Crippen LogP contribution < -0.4 is 11.1 Å². The number of amides is 2. The summed E-state index contributed by atoms with van der Waals surface area (Å²) in [6, 6.07) is 7.08. The molecule has 21 heavy (non-hydrogen) atoms. The number of piperidine rings is 1.